The summed E-state index contributed by atoms with van der Waals surface area (Å²) in [5.41, 5.74) is 2.87. The molecule has 0 atom stereocenters. The number of nitrogens with one attached hydrogen (secondary N) is 1. The van der Waals surface area contributed by atoms with E-state index >= 15 is 0 Å². The van der Waals surface area contributed by atoms with E-state index < -0.39 is 24.4 Å². The number of benzene rings is 1. The zero-order valence-electron chi connectivity index (χ0n) is 13.5. The van der Waals surface area contributed by atoms with E-state index in [0.717, 1.165) is 16.8 Å². The van der Waals surface area contributed by atoms with Crippen molar-refractivity contribution in [2.24, 2.45) is 0 Å². The largest absolute Gasteiger partial charge is 0.546 e. The molecule has 0 radical (unpaired) electrons. The molecule has 0 saturated carbocycles. The van der Waals surface area contributed by atoms with Crippen molar-refractivity contribution >= 4 is 52.2 Å². The molecule has 10 heteroatoms. The molecule has 2 aromatic rings. The van der Waals surface area contributed by atoms with Gasteiger partial charge in [0.15, 0.2) is 10.1 Å². The van der Waals surface area contributed by atoms with Gasteiger partial charge in [0.2, 0.25) is 0 Å². The van der Waals surface area contributed by atoms with Crippen LogP contribution in [-0.2, 0) is 9.59 Å². The SMILES string of the molecule is O=C([O-])COc1ccccc1/C=C1\SC(=S)N(NC(=O)c2ccco2)C1=O. The lowest BCUT2D eigenvalue weighted by molar-refractivity contribution is -0.307. The second-order valence-electron chi connectivity index (χ2n) is 5.13. The summed E-state index contributed by atoms with van der Waals surface area (Å²) in [6.45, 7) is -0.620. The van der Waals surface area contributed by atoms with Gasteiger partial charge in [0.05, 0.1) is 17.1 Å². The van der Waals surface area contributed by atoms with E-state index in [2.05, 4.69) is 5.43 Å². The summed E-state index contributed by atoms with van der Waals surface area (Å²) in [6.07, 6.45) is 2.84. The Morgan fingerprint density at radius 1 is 1.30 bits per heavy atom. The molecule has 0 unspecified atom stereocenters. The minimum absolute atomic E-state index is 0.0362. The normalized spacial score (nSPS) is 15.3. The molecular formula is C17H11N2O6S2-. The van der Waals surface area contributed by atoms with Crippen molar-refractivity contribution in [3.63, 3.8) is 0 Å². The highest BCUT2D eigenvalue weighted by atomic mass is 32.2. The highest BCUT2D eigenvalue weighted by Crippen LogP contribution is 2.33. The number of rotatable bonds is 6. The van der Waals surface area contributed by atoms with Crippen LogP contribution >= 0.6 is 24.0 Å². The van der Waals surface area contributed by atoms with Gasteiger partial charge in [0.25, 0.3) is 5.91 Å². The topological polar surface area (TPSA) is 112 Å². The van der Waals surface area contributed by atoms with E-state index in [4.69, 9.17) is 21.4 Å². The molecule has 0 bridgehead atoms. The molecule has 1 aliphatic rings. The molecule has 138 valence electrons. The number of furan rings is 1. The zero-order chi connectivity index (χ0) is 19.4. The molecule has 1 N–H and O–H groups in total. The van der Waals surface area contributed by atoms with E-state index in [1.807, 2.05) is 0 Å². The number of carbonyl (C=O) groups is 3. The summed E-state index contributed by atoms with van der Waals surface area (Å²) in [6, 6.07) is 9.58. The Morgan fingerprint density at radius 2 is 2.07 bits per heavy atom. The van der Waals surface area contributed by atoms with Crippen LogP contribution in [0.15, 0.2) is 52.0 Å². The van der Waals surface area contributed by atoms with Crippen LogP contribution in [0.4, 0.5) is 0 Å². The third kappa shape index (κ3) is 4.36. The van der Waals surface area contributed by atoms with Gasteiger partial charge in [-0.05, 0) is 36.5 Å². The maximum atomic E-state index is 12.6. The number of hydrogen-bond donors (Lipinski definition) is 1. The number of para-hydroxylation sites is 1. The molecule has 0 aliphatic carbocycles. The summed E-state index contributed by atoms with van der Waals surface area (Å²) < 4.78 is 10.3. The Labute approximate surface area is 162 Å². The highest BCUT2D eigenvalue weighted by molar-refractivity contribution is 8.26. The maximum Gasteiger partial charge on any atom is 0.305 e. The average Bonchev–Trinajstić information content (AvgIpc) is 3.26. The monoisotopic (exact) mass is 403 g/mol. The molecule has 2 amide bonds. The van der Waals surface area contributed by atoms with Gasteiger partial charge >= 0.3 is 5.91 Å². The van der Waals surface area contributed by atoms with Crippen molar-refractivity contribution in [3.05, 3.63) is 58.9 Å². The first kappa shape index (κ1) is 18.7. The number of carbonyl (C=O) groups excluding carboxylic acids is 3. The molecule has 1 aromatic carbocycles. The number of hydrogen-bond acceptors (Lipinski definition) is 8. The number of carboxylic acids is 1. The van der Waals surface area contributed by atoms with Gasteiger partial charge in [-0.2, -0.15) is 5.01 Å². The van der Waals surface area contributed by atoms with Crippen LogP contribution in [0.1, 0.15) is 16.1 Å². The van der Waals surface area contributed by atoms with Gasteiger partial charge < -0.3 is 19.1 Å². The van der Waals surface area contributed by atoms with Gasteiger partial charge in [-0.1, -0.05) is 30.0 Å². The summed E-state index contributed by atoms with van der Waals surface area (Å²) in [4.78, 5) is 35.4. The first-order valence-corrected chi connectivity index (χ1v) is 8.72. The number of thiocarbonyl (C=S) groups is 1. The van der Waals surface area contributed by atoms with Crippen molar-refractivity contribution in [3.8, 4) is 5.75 Å². The summed E-state index contributed by atoms with van der Waals surface area (Å²) >= 11 is 6.13. The van der Waals surface area contributed by atoms with E-state index in [0.29, 0.717) is 5.56 Å². The lowest BCUT2D eigenvalue weighted by Crippen LogP contribution is -2.44. The Morgan fingerprint density at radius 3 is 2.78 bits per heavy atom. The maximum absolute atomic E-state index is 12.6. The van der Waals surface area contributed by atoms with Crippen LogP contribution in [0.5, 0.6) is 5.75 Å². The first-order chi connectivity index (χ1) is 13.0. The van der Waals surface area contributed by atoms with Crippen LogP contribution in [0.3, 0.4) is 0 Å². The van der Waals surface area contributed by atoms with Crippen LogP contribution < -0.4 is 15.3 Å². The number of thioether (sulfide) groups is 1. The highest BCUT2D eigenvalue weighted by Gasteiger charge is 2.34. The van der Waals surface area contributed by atoms with Crippen LogP contribution in [0, 0.1) is 0 Å². The van der Waals surface area contributed by atoms with Crippen molar-refractivity contribution in [1.29, 1.82) is 0 Å². The second kappa shape index (κ2) is 8.06. The Hall–Kier alpha value is -3.11. The summed E-state index contributed by atoms with van der Waals surface area (Å²) in [5.74, 6) is -2.20. The van der Waals surface area contributed by atoms with Crippen molar-refractivity contribution < 1.29 is 28.6 Å². The standard InChI is InChI=1S/C17H12N2O6S2/c20-14(21)9-25-11-5-2-1-4-10(11)8-13-16(23)19(17(26)27-13)18-15(22)12-6-3-7-24-12/h1-8H,9H2,(H,18,22)(H,20,21)/p-1/b13-8-. The fraction of sp³-hybridized carbons (Fsp3) is 0.0588. The van der Waals surface area contributed by atoms with Gasteiger partial charge in [0.1, 0.15) is 12.4 Å². The molecule has 1 fully saturated rings. The van der Waals surface area contributed by atoms with Gasteiger partial charge in [-0.25, -0.2) is 0 Å². The number of nitrogens with zero attached hydrogens (tertiary/aromatic N) is 1. The molecule has 1 aromatic heterocycles. The first-order valence-electron chi connectivity index (χ1n) is 7.50. The Kier molecular flexibility index (Phi) is 5.57. The Balaban J connectivity index is 1.78. The predicted octanol–water partition coefficient (Wildman–Crippen LogP) is 0.954. The van der Waals surface area contributed by atoms with Crippen molar-refractivity contribution in [2.45, 2.75) is 0 Å². The molecular weight excluding hydrogens is 392 g/mol. The number of hydrazine groups is 1. The van der Waals surface area contributed by atoms with E-state index in [1.54, 1.807) is 30.3 Å². The second-order valence-corrected chi connectivity index (χ2v) is 6.81. The molecule has 0 spiro atoms. The number of amides is 2. The molecule has 27 heavy (non-hydrogen) atoms. The van der Waals surface area contributed by atoms with Gasteiger partial charge in [-0.15, -0.1) is 0 Å². The minimum Gasteiger partial charge on any atom is -0.546 e. The fourth-order valence-corrected chi connectivity index (χ4v) is 3.31. The average molecular weight is 403 g/mol. The Bertz CT molecular complexity index is 939. The number of aliphatic carboxylic acids is 1. The van der Waals surface area contributed by atoms with Gasteiger partial charge in [0, 0.05) is 5.56 Å². The van der Waals surface area contributed by atoms with Crippen molar-refractivity contribution in [2.75, 3.05) is 6.61 Å². The third-order valence-electron chi connectivity index (χ3n) is 3.30. The van der Waals surface area contributed by atoms with Crippen LogP contribution in [0.25, 0.3) is 6.08 Å². The van der Waals surface area contributed by atoms with E-state index in [9.17, 15) is 19.5 Å². The molecule has 1 saturated heterocycles. The predicted molar refractivity (Wildman–Crippen MR) is 98.1 cm³/mol. The van der Waals surface area contributed by atoms with E-state index in [-0.39, 0.29) is 20.7 Å². The lowest BCUT2D eigenvalue weighted by Gasteiger charge is -2.14. The van der Waals surface area contributed by atoms with E-state index in [1.165, 1.54) is 18.4 Å². The van der Waals surface area contributed by atoms with Crippen molar-refractivity contribution in [1.82, 2.24) is 10.4 Å². The molecule has 1 aliphatic heterocycles. The summed E-state index contributed by atoms with van der Waals surface area (Å²) in [7, 11) is 0. The fourth-order valence-electron chi connectivity index (χ4n) is 2.14. The number of carboxylic acid groups (broad SMARTS) is 1. The molecule has 3 rings (SSSR count). The summed E-state index contributed by atoms with van der Waals surface area (Å²) in [5, 5.41) is 11.5. The number of ether oxygens (including phenoxy) is 1. The van der Waals surface area contributed by atoms with Crippen LogP contribution in [-0.4, -0.2) is 33.7 Å². The zero-order valence-corrected chi connectivity index (χ0v) is 15.2. The van der Waals surface area contributed by atoms with Crippen LogP contribution in [0.2, 0.25) is 0 Å². The van der Waals surface area contributed by atoms with Gasteiger partial charge in [-0.3, -0.25) is 15.0 Å². The lowest BCUT2D eigenvalue weighted by atomic mass is 10.2. The third-order valence-corrected chi connectivity index (χ3v) is 4.61. The quantitative estimate of drug-likeness (QED) is 0.561. The minimum atomic E-state index is -1.36. The molecule has 8 nitrogen and oxygen atoms in total. The molecule has 2 heterocycles. The smallest absolute Gasteiger partial charge is 0.305 e.